The van der Waals surface area contributed by atoms with Crippen LogP contribution in [0.15, 0.2) is 24.3 Å². The molecule has 0 spiro atoms. The molecule has 2 aliphatic rings. The average molecular weight is 149 g/mol. The summed E-state index contributed by atoms with van der Waals surface area (Å²) in [6.45, 7) is 6.32. The van der Waals surface area contributed by atoms with Crippen LogP contribution in [0.25, 0.3) is 0 Å². The number of fused-ring (bicyclic) bond motifs is 1. The lowest BCUT2D eigenvalue weighted by Gasteiger charge is -2.37. The van der Waals surface area contributed by atoms with E-state index in [2.05, 4.69) is 23.6 Å². The molecule has 1 nitrogen and oxygen atoms in total. The van der Waals surface area contributed by atoms with E-state index in [4.69, 9.17) is 0 Å². The van der Waals surface area contributed by atoms with Crippen LogP contribution in [0.5, 0.6) is 0 Å². The summed E-state index contributed by atoms with van der Waals surface area (Å²) in [6.07, 6.45) is 8.41. The van der Waals surface area contributed by atoms with Gasteiger partial charge in [0.05, 0.1) is 0 Å². The van der Waals surface area contributed by atoms with Crippen LogP contribution in [-0.4, -0.2) is 24.0 Å². The molecule has 0 aromatic rings. The van der Waals surface area contributed by atoms with Gasteiger partial charge >= 0.3 is 0 Å². The van der Waals surface area contributed by atoms with Crippen LogP contribution in [0.2, 0.25) is 0 Å². The van der Waals surface area contributed by atoms with E-state index in [9.17, 15) is 0 Å². The van der Waals surface area contributed by atoms with Crippen molar-refractivity contribution in [2.24, 2.45) is 0 Å². The predicted octanol–water partition coefficient (Wildman–Crippen LogP) is 1.97. The molecule has 1 unspecified atom stereocenters. The topological polar surface area (TPSA) is 3.24 Å². The highest BCUT2D eigenvalue weighted by atomic mass is 15.2. The molecular formula is C10H15N. The monoisotopic (exact) mass is 149 g/mol. The molecule has 1 saturated heterocycles. The van der Waals surface area contributed by atoms with Gasteiger partial charge in [-0.1, -0.05) is 24.3 Å². The Hall–Kier alpha value is -0.560. The Labute approximate surface area is 68.4 Å². The van der Waals surface area contributed by atoms with Gasteiger partial charge < -0.3 is 0 Å². The zero-order chi connectivity index (χ0) is 7.68. The van der Waals surface area contributed by atoms with Crippen LogP contribution in [0, 0.1) is 0 Å². The van der Waals surface area contributed by atoms with E-state index in [1.165, 1.54) is 24.8 Å². The quantitative estimate of drug-likeness (QED) is 0.476. The number of nitrogens with zero attached hydrogens (tertiary/aromatic N) is 1. The van der Waals surface area contributed by atoms with Crippen LogP contribution in [0.4, 0.5) is 0 Å². The first-order valence-electron chi connectivity index (χ1n) is 4.42. The van der Waals surface area contributed by atoms with Crippen LogP contribution >= 0.6 is 0 Å². The van der Waals surface area contributed by atoms with E-state index in [0.29, 0.717) is 0 Å². The zero-order valence-corrected chi connectivity index (χ0v) is 6.92. The first-order valence-corrected chi connectivity index (χ1v) is 4.42. The summed E-state index contributed by atoms with van der Waals surface area (Å²) in [4.78, 5) is 2.53. The second kappa shape index (κ2) is 2.82. The van der Waals surface area contributed by atoms with Crippen LogP contribution in [-0.2, 0) is 0 Å². The summed E-state index contributed by atoms with van der Waals surface area (Å²) in [5, 5.41) is 0. The van der Waals surface area contributed by atoms with E-state index >= 15 is 0 Å². The van der Waals surface area contributed by atoms with Gasteiger partial charge in [-0.05, 0) is 19.3 Å². The highest BCUT2D eigenvalue weighted by Gasteiger charge is 2.23. The van der Waals surface area contributed by atoms with Gasteiger partial charge in [0, 0.05) is 19.1 Å². The minimum atomic E-state index is 0.825. The third-order valence-corrected chi connectivity index (χ3v) is 2.69. The third kappa shape index (κ3) is 1.38. The summed E-state index contributed by atoms with van der Waals surface area (Å²) in [7, 11) is 0. The van der Waals surface area contributed by atoms with E-state index in [1.54, 1.807) is 0 Å². The van der Waals surface area contributed by atoms with Crippen molar-refractivity contribution in [1.82, 2.24) is 4.90 Å². The summed E-state index contributed by atoms with van der Waals surface area (Å²) >= 11 is 0. The van der Waals surface area contributed by atoms with Crippen molar-refractivity contribution >= 4 is 0 Å². The molecule has 0 radical (unpaired) electrons. The molecule has 0 N–H and O–H groups in total. The standard InChI is InChI=1S/C10H15N/c1-9-5-6-10-4-2-3-7-11(10)8-9/h2-3,10H,1,4-8H2. The molecule has 0 amide bonds. The van der Waals surface area contributed by atoms with Crippen molar-refractivity contribution in [2.75, 3.05) is 13.1 Å². The van der Waals surface area contributed by atoms with Crippen molar-refractivity contribution in [1.29, 1.82) is 0 Å². The zero-order valence-electron chi connectivity index (χ0n) is 6.92. The summed E-state index contributed by atoms with van der Waals surface area (Å²) in [6, 6.07) is 0.825. The second-order valence-electron chi connectivity index (χ2n) is 3.58. The number of hydrogen-bond acceptors (Lipinski definition) is 1. The summed E-state index contributed by atoms with van der Waals surface area (Å²) in [5.41, 5.74) is 1.41. The molecule has 1 heteroatoms. The molecule has 60 valence electrons. The molecular weight excluding hydrogens is 134 g/mol. The van der Waals surface area contributed by atoms with Crippen LogP contribution < -0.4 is 0 Å². The Morgan fingerprint density at radius 3 is 3.27 bits per heavy atom. The highest BCUT2D eigenvalue weighted by molar-refractivity contribution is 5.08. The summed E-state index contributed by atoms with van der Waals surface area (Å²) < 4.78 is 0. The Kier molecular flexibility index (Phi) is 1.82. The number of rotatable bonds is 0. The van der Waals surface area contributed by atoms with Gasteiger partial charge in [-0.3, -0.25) is 4.90 Å². The average Bonchev–Trinajstić information content (AvgIpc) is 2.04. The number of piperidine rings is 1. The van der Waals surface area contributed by atoms with Crippen molar-refractivity contribution < 1.29 is 0 Å². The lowest BCUT2D eigenvalue weighted by Crippen LogP contribution is -2.41. The minimum Gasteiger partial charge on any atom is -0.293 e. The van der Waals surface area contributed by atoms with Gasteiger partial charge in [0.1, 0.15) is 0 Å². The van der Waals surface area contributed by atoms with Gasteiger partial charge in [-0.2, -0.15) is 0 Å². The third-order valence-electron chi connectivity index (χ3n) is 2.69. The minimum absolute atomic E-state index is 0.825. The molecule has 1 atom stereocenters. The lowest BCUT2D eigenvalue weighted by molar-refractivity contribution is 0.190. The lowest BCUT2D eigenvalue weighted by atomic mass is 9.94. The molecule has 0 aromatic heterocycles. The van der Waals surface area contributed by atoms with E-state index in [1.807, 2.05) is 0 Å². The predicted molar refractivity (Wildman–Crippen MR) is 47.5 cm³/mol. The van der Waals surface area contributed by atoms with Crippen molar-refractivity contribution in [2.45, 2.75) is 25.3 Å². The fourth-order valence-electron chi connectivity index (χ4n) is 1.99. The maximum Gasteiger partial charge on any atom is 0.0196 e. The Bertz CT molecular complexity index is 193. The van der Waals surface area contributed by atoms with Gasteiger partial charge in [-0.15, -0.1) is 0 Å². The molecule has 1 fully saturated rings. The van der Waals surface area contributed by atoms with Gasteiger partial charge in [0.25, 0.3) is 0 Å². The van der Waals surface area contributed by atoms with Gasteiger partial charge in [0.15, 0.2) is 0 Å². The molecule has 0 aliphatic carbocycles. The second-order valence-corrected chi connectivity index (χ2v) is 3.58. The molecule has 0 saturated carbocycles. The maximum absolute atomic E-state index is 4.04. The van der Waals surface area contributed by atoms with Gasteiger partial charge in [-0.25, -0.2) is 0 Å². The SMILES string of the molecule is C=C1CCC2CC=CCN2C1. The Morgan fingerprint density at radius 1 is 1.45 bits per heavy atom. The first-order chi connectivity index (χ1) is 5.36. The Morgan fingerprint density at radius 2 is 2.36 bits per heavy atom. The van der Waals surface area contributed by atoms with Crippen LogP contribution in [0.1, 0.15) is 19.3 Å². The Balaban J connectivity index is 2.06. The van der Waals surface area contributed by atoms with Gasteiger partial charge in [0.2, 0.25) is 0 Å². The molecule has 11 heavy (non-hydrogen) atoms. The fraction of sp³-hybridized carbons (Fsp3) is 0.600. The molecule has 2 rings (SSSR count). The number of hydrogen-bond donors (Lipinski definition) is 0. The molecule has 0 bridgehead atoms. The van der Waals surface area contributed by atoms with E-state index in [0.717, 1.165) is 19.1 Å². The first kappa shape index (κ1) is 7.11. The van der Waals surface area contributed by atoms with Crippen molar-refractivity contribution in [3.05, 3.63) is 24.3 Å². The maximum atomic E-state index is 4.04. The molecule has 0 aromatic carbocycles. The highest BCUT2D eigenvalue weighted by Crippen LogP contribution is 2.24. The van der Waals surface area contributed by atoms with Crippen molar-refractivity contribution in [3.8, 4) is 0 Å². The van der Waals surface area contributed by atoms with Crippen molar-refractivity contribution in [3.63, 3.8) is 0 Å². The van der Waals surface area contributed by atoms with E-state index < -0.39 is 0 Å². The normalized spacial score (nSPS) is 32.0. The smallest absolute Gasteiger partial charge is 0.0196 e. The van der Waals surface area contributed by atoms with E-state index in [-0.39, 0.29) is 0 Å². The summed E-state index contributed by atoms with van der Waals surface area (Å²) in [5.74, 6) is 0. The fourth-order valence-corrected chi connectivity index (χ4v) is 1.99. The largest absolute Gasteiger partial charge is 0.293 e. The molecule has 2 aliphatic heterocycles. The van der Waals surface area contributed by atoms with Crippen LogP contribution in [0.3, 0.4) is 0 Å². The molecule has 2 heterocycles.